The number of benzene rings is 1. The smallest absolute Gasteiger partial charge is 0.352 e. The number of aromatic amines is 1. The zero-order chi connectivity index (χ0) is 15.0. The van der Waals surface area contributed by atoms with Crippen LogP contribution < -0.4 is 0 Å². The van der Waals surface area contributed by atoms with Gasteiger partial charge in [-0.15, -0.1) is 11.3 Å². The minimum Gasteiger partial charge on any atom is -0.477 e. The summed E-state index contributed by atoms with van der Waals surface area (Å²) in [5.41, 5.74) is 2.39. The van der Waals surface area contributed by atoms with E-state index in [-0.39, 0.29) is 5.69 Å². The molecule has 0 saturated carbocycles. The van der Waals surface area contributed by atoms with Gasteiger partial charge >= 0.3 is 5.97 Å². The molecule has 0 aliphatic rings. The van der Waals surface area contributed by atoms with Gasteiger partial charge in [0.1, 0.15) is 10.7 Å². The van der Waals surface area contributed by atoms with Crippen LogP contribution >= 0.6 is 34.5 Å². The fourth-order valence-electron chi connectivity index (χ4n) is 1.88. The van der Waals surface area contributed by atoms with Crippen LogP contribution in [-0.4, -0.2) is 21.0 Å². The van der Waals surface area contributed by atoms with Crippen LogP contribution in [0.1, 0.15) is 10.5 Å². The van der Waals surface area contributed by atoms with Crippen molar-refractivity contribution in [2.45, 2.75) is 0 Å². The molecule has 3 aromatic rings. The van der Waals surface area contributed by atoms with Crippen molar-refractivity contribution in [3.8, 4) is 21.8 Å². The first-order chi connectivity index (χ1) is 10.0. The highest BCUT2D eigenvalue weighted by atomic mass is 35.5. The maximum Gasteiger partial charge on any atom is 0.352 e. The molecule has 0 atom stereocenters. The second-order valence-electron chi connectivity index (χ2n) is 4.30. The molecule has 0 unspecified atom stereocenters. The Hall–Kier alpha value is -1.82. The van der Waals surface area contributed by atoms with E-state index in [1.165, 1.54) is 11.3 Å². The number of carboxylic acids is 1. The molecule has 2 heterocycles. The lowest BCUT2D eigenvalue weighted by atomic mass is 10.2. The molecule has 3 rings (SSSR count). The zero-order valence-corrected chi connectivity index (χ0v) is 12.8. The molecule has 7 heteroatoms. The van der Waals surface area contributed by atoms with E-state index in [9.17, 15) is 4.79 Å². The number of halogens is 2. The van der Waals surface area contributed by atoms with Gasteiger partial charge in [-0.25, -0.2) is 9.78 Å². The molecule has 0 fully saturated rings. The Bertz CT molecular complexity index is 806. The van der Waals surface area contributed by atoms with Crippen LogP contribution in [0.25, 0.3) is 21.8 Å². The van der Waals surface area contributed by atoms with Crippen LogP contribution in [0.3, 0.4) is 0 Å². The first-order valence-corrected chi connectivity index (χ1v) is 7.50. The molecular weight excluding hydrogens is 331 g/mol. The van der Waals surface area contributed by atoms with Crippen molar-refractivity contribution in [3.63, 3.8) is 0 Å². The lowest BCUT2D eigenvalue weighted by Gasteiger charge is -1.98. The van der Waals surface area contributed by atoms with Crippen molar-refractivity contribution in [1.82, 2.24) is 9.97 Å². The summed E-state index contributed by atoms with van der Waals surface area (Å²) in [4.78, 5) is 18.1. The highest BCUT2D eigenvalue weighted by Crippen LogP contribution is 2.32. The first kappa shape index (κ1) is 14.1. The van der Waals surface area contributed by atoms with Crippen molar-refractivity contribution >= 4 is 40.5 Å². The Balaban J connectivity index is 1.97. The first-order valence-electron chi connectivity index (χ1n) is 5.87. The summed E-state index contributed by atoms with van der Waals surface area (Å²) in [5, 5.41) is 12.6. The van der Waals surface area contributed by atoms with Gasteiger partial charge in [0.15, 0.2) is 0 Å². The quantitative estimate of drug-likeness (QED) is 0.720. The molecule has 0 spiro atoms. The predicted molar refractivity (Wildman–Crippen MR) is 84.3 cm³/mol. The maximum absolute atomic E-state index is 10.9. The van der Waals surface area contributed by atoms with Crippen LogP contribution in [0.5, 0.6) is 0 Å². The van der Waals surface area contributed by atoms with Crippen molar-refractivity contribution in [2.24, 2.45) is 0 Å². The van der Waals surface area contributed by atoms with Gasteiger partial charge in [0.2, 0.25) is 0 Å². The number of carbonyl (C=O) groups is 1. The van der Waals surface area contributed by atoms with E-state index in [1.807, 2.05) is 5.38 Å². The Morgan fingerprint density at radius 2 is 1.86 bits per heavy atom. The van der Waals surface area contributed by atoms with Gasteiger partial charge in [0.25, 0.3) is 0 Å². The Morgan fingerprint density at radius 3 is 2.48 bits per heavy atom. The minimum absolute atomic E-state index is 0.130. The van der Waals surface area contributed by atoms with Crippen molar-refractivity contribution in [3.05, 3.63) is 51.6 Å². The highest BCUT2D eigenvalue weighted by Gasteiger charge is 2.12. The number of hydrogen-bond acceptors (Lipinski definition) is 3. The molecule has 0 aliphatic heterocycles. The van der Waals surface area contributed by atoms with Crippen molar-refractivity contribution in [2.75, 3.05) is 0 Å². The second-order valence-corrected chi connectivity index (χ2v) is 6.03. The topological polar surface area (TPSA) is 66.0 Å². The standard InChI is InChI=1S/C14H8Cl2N2O2S/c15-9-1-7(2-10(16)4-9)13-18-12(6-21-13)8-3-11(14(19)20)17-5-8/h1-6,17H,(H,19,20). The van der Waals surface area contributed by atoms with E-state index >= 15 is 0 Å². The zero-order valence-electron chi connectivity index (χ0n) is 10.4. The fourth-order valence-corrected chi connectivity index (χ4v) is 3.22. The van der Waals surface area contributed by atoms with E-state index in [1.54, 1.807) is 30.5 Å². The van der Waals surface area contributed by atoms with E-state index in [2.05, 4.69) is 9.97 Å². The van der Waals surface area contributed by atoms with Crippen LogP contribution in [0, 0.1) is 0 Å². The monoisotopic (exact) mass is 338 g/mol. The number of hydrogen-bond donors (Lipinski definition) is 2. The van der Waals surface area contributed by atoms with E-state index in [0.717, 1.165) is 16.1 Å². The summed E-state index contributed by atoms with van der Waals surface area (Å²) >= 11 is 13.4. The molecule has 2 N–H and O–H groups in total. The average molecular weight is 339 g/mol. The minimum atomic E-state index is -1.00. The second kappa shape index (κ2) is 5.52. The van der Waals surface area contributed by atoms with Gasteiger partial charge in [-0.05, 0) is 24.3 Å². The third-order valence-electron chi connectivity index (χ3n) is 2.82. The third kappa shape index (κ3) is 2.95. The maximum atomic E-state index is 10.9. The summed E-state index contributed by atoms with van der Waals surface area (Å²) < 4.78 is 0. The summed E-state index contributed by atoms with van der Waals surface area (Å²) in [6.07, 6.45) is 1.62. The van der Waals surface area contributed by atoms with Gasteiger partial charge in [0.05, 0.1) is 5.69 Å². The molecule has 1 aromatic carbocycles. The summed E-state index contributed by atoms with van der Waals surface area (Å²) in [5.74, 6) is -1.00. The van der Waals surface area contributed by atoms with Gasteiger partial charge < -0.3 is 10.1 Å². The third-order valence-corrected chi connectivity index (χ3v) is 4.15. The number of H-pyrrole nitrogens is 1. The van der Waals surface area contributed by atoms with Crippen molar-refractivity contribution < 1.29 is 9.90 Å². The Kier molecular flexibility index (Phi) is 3.71. The van der Waals surface area contributed by atoms with Crippen LogP contribution in [-0.2, 0) is 0 Å². The SMILES string of the molecule is O=C(O)c1cc(-c2csc(-c3cc(Cl)cc(Cl)c3)n2)c[nH]1. The number of nitrogens with zero attached hydrogens (tertiary/aromatic N) is 1. The normalized spacial score (nSPS) is 10.8. The number of rotatable bonds is 3. The summed E-state index contributed by atoms with van der Waals surface area (Å²) in [6, 6.07) is 6.78. The number of aromatic nitrogens is 2. The van der Waals surface area contributed by atoms with Crippen LogP contribution in [0.2, 0.25) is 10.0 Å². The molecule has 0 amide bonds. The van der Waals surface area contributed by atoms with E-state index in [4.69, 9.17) is 28.3 Å². The number of carboxylic acid groups (broad SMARTS) is 1. The van der Waals surface area contributed by atoms with Crippen LogP contribution in [0.15, 0.2) is 35.8 Å². The lowest BCUT2D eigenvalue weighted by molar-refractivity contribution is 0.0691. The van der Waals surface area contributed by atoms with Gasteiger partial charge in [0, 0.05) is 32.7 Å². The highest BCUT2D eigenvalue weighted by molar-refractivity contribution is 7.13. The lowest BCUT2D eigenvalue weighted by Crippen LogP contribution is -1.94. The van der Waals surface area contributed by atoms with Crippen molar-refractivity contribution in [1.29, 1.82) is 0 Å². The molecule has 4 nitrogen and oxygen atoms in total. The Labute approximate surface area is 134 Å². The summed E-state index contributed by atoms with van der Waals surface area (Å²) in [7, 11) is 0. The van der Waals surface area contributed by atoms with E-state index < -0.39 is 5.97 Å². The molecule has 106 valence electrons. The molecule has 0 radical (unpaired) electrons. The number of nitrogens with one attached hydrogen (secondary N) is 1. The molecule has 0 bridgehead atoms. The molecular formula is C14H8Cl2N2O2S. The molecule has 21 heavy (non-hydrogen) atoms. The largest absolute Gasteiger partial charge is 0.477 e. The summed E-state index contributed by atoms with van der Waals surface area (Å²) in [6.45, 7) is 0. The van der Waals surface area contributed by atoms with Gasteiger partial charge in [-0.2, -0.15) is 0 Å². The Morgan fingerprint density at radius 1 is 1.14 bits per heavy atom. The van der Waals surface area contributed by atoms with Crippen LogP contribution in [0.4, 0.5) is 0 Å². The predicted octanol–water partition coefficient (Wildman–Crippen LogP) is 4.81. The fraction of sp³-hybridized carbons (Fsp3) is 0. The molecule has 0 saturated heterocycles. The van der Waals surface area contributed by atoms with Gasteiger partial charge in [-0.3, -0.25) is 0 Å². The number of thiazole rings is 1. The molecule has 2 aromatic heterocycles. The molecule has 0 aliphatic carbocycles. The van der Waals surface area contributed by atoms with Gasteiger partial charge in [-0.1, -0.05) is 23.2 Å². The number of aromatic carboxylic acids is 1. The van der Waals surface area contributed by atoms with E-state index in [0.29, 0.717) is 15.7 Å². The average Bonchev–Trinajstić information content (AvgIpc) is 3.07.